The van der Waals surface area contributed by atoms with Crippen molar-refractivity contribution in [1.82, 2.24) is 4.98 Å². The molecule has 0 fully saturated rings. The molecule has 37 heavy (non-hydrogen) atoms. The van der Waals surface area contributed by atoms with Gasteiger partial charge in [-0.15, -0.1) is 11.3 Å². The largest absolute Gasteiger partial charge is 0.365 e. The molecule has 2 heterocycles. The van der Waals surface area contributed by atoms with Crippen molar-refractivity contribution >= 4 is 55.0 Å². The summed E-state index contributed by atoms with van der Waals surface area (Å²) in [6.07, 6.45) is 6.09. The molecular weight excluding hydrogens is 546 g/mol. The average molecular weight is 577 g/mol. The zero-order chi connectivity index (χ0) is 26.1. The van der Waals surface area contributed by atoms with Gasteiger partial charge in [-0.3, -0.25) is 9.59 Å². The number of benzene rings is 2. The number of rotatable bonds is 7. The lowest BCUT2D eigenvalue weighted by Crippen LogP contribution is -2.19. The summed E-state index contributed by atoms with van der Waals surface area (Å²) in [7, 11) is 0. The van der Waals surface area contributed by atoms with Crippen LogP contribution >= 0.6 is 27.3 Å². The first-order chi connectivity index (χ1) is 17.8. The zero-order valence-electron chi connectivity index (χ0n) is 21.1. The van der Waals surface area contributed by atoms with Crippen LogP contribution in [0.4, 0.5) is 5.00 Å². The van der Waals surface area contributed by atoms with E-state index < -0.39 is 5.91 Å². The van der Waals surface area contributed by atoms with Gasteiger partial charge in [-0.25, -0.2) is 4.98 Å². The summed E-state index contributed by atoms with van der Waals surface area (Å²) in [6.45, 7) is 4.40. The van der Waals surface area contributed by atoms with Gasteiger partial charge < -0.3 is 11.1 Å². The predicted octanol–water partition coefficient (Wildman–Crippen LogP) is 7.54. The van der Waals surface area contributed by atoms with E-state index in [1.165, 1.54) is 16.9 Å². The van der Waals surface area contributed by atoms with E-state index in [0.29, 0.717) is 22.0 Å². The number of primary amides is 1. The number of halogens is 1. The van der Waals surface area contributed by atoms with E-state index in [4.69, 9.17) is 10.7 Å². The second-order valence-electron chi connectivity index (χ2n) is 9.89. The van der Waals surface area contributed by atoms with E-state index in [2.05, 4.69) is 59.4 Å². The van der Waals surface area contributed by atoms with Crippen molar-refractivity contribution in [2.24, 2.45) is 11.7 Å². The fourth-order valence-corrected chi connectivity index (χ4v) is 6.80. The maximum atomic E-state index is 13.7. The van der Waals surface area contributed by atoms with Crippen molar-refractivity contribution in [1.29, 1.82) is 0 Å². The fourth-order valence-electron chi connectivity index (χ4n) is 5.03. The Hall–Kier alpha value is -3.03. The second-order valence-corrected chi connectivity index (χ2v) is 11.9. The Balaban J connectivity index is 1.54. The molecule has 3 N–H and O–H groups in total. The minimum Gasteiger partial charge on any atom is -0.365 e. The second kappa shape index (κ2) is 10.8. The van der Waals surface area contributed by atoms with Crippen molar-refractivity contribution in [3.05, 3.63) is 80.1 Å². The highest BCUT2D eigenvalue weighted by molar-refractivity contribution is 9.10. The highest BCUT2D eigenvalue weighted by Crippen LogP contribution is 2.40. The van der Waals surface area contributed by atoms with Crippen molar-refractivity contribution in [2.75, 3.05) is 5.32 Å². The number of aryl methyl sites for hydroxylation is 1. The first-order valence-electron chi connectivity index (χ1n) is 12.8. The number of nitrogens with two attached hydrogens (primary N) is 1. The number of pyridine rings is 1. The summed E-state index contributed by atoms with van der Waals surface area (Å²) < 4.78 is 0.863. The monoisotopic (exact) mass is 575 g/mol. The van der Waals surface area contributed by atoms with Crippen molar-refractivity contribution in [2.45, 2.75) is 52.4 Å². The van der Waals surface area contributed by atoms with Crippen LogP contribution in [-0.2, 0) is 19.3 Å². The summed E-state index contributed by atoms with van der Waals surface area (Å²) in [5.74, 6) is -0.221. The number of unbranched alkanes of at least 4 members (excludes halogenated alkanes) is 1. The summed E-state index contributed by atoms with van der Waals surface area (Å²) >= 11 is 5.01. The third-order valence-corrected chi connectivity index (χ3v) is 8.73. The highest BCUT2D eigenvalue weighted by atomic mass is 79.9. The molecule has 0 spiro atoms. The van der Waals surface area contributed by atoms with Crippen LogP contribution in [0.2, 0.25) is 0 Å². The Bertz CT molecular complexity index is 1490. The molecule has 1 unspecified atom stereocenters. The number of anilines is 1. The molecule has 1 aliphatic rings. The Labute approximate surface area is 229 Å². The van der Waals surface area contributed by atoms with Crippen LogP contribution in [-0.4, -0.2) is 16.8 Å². The Morgan fingerprint density at radius 2 is 1.95 bits per heavy atom. The molecule has 0 radical (unpaired) electrons. The van der Waals surface area contributed by atoms with E-state index in [9.17, 15) is 9.59 Å². The van der Waals surface area contributed by atoms with Crippen molar-refractivity contribution in [3.8, 4) is 11.3 Å². The Morgan fingerprint density at radius 1 is 1.16 bits per heavy atom. The molecule has 0 saturated heterocycles. The van der Waals surface area contributed by atoms with Crippen LogP contribution in [0.3, 0.4) is 0 Å². The van der Waals surface area contributed by atoms with Gasteiger partial charge in [-0.1, -0.05) is 60.5 Å². The van der Waals surface area contributed by atoms with E-state index in [1.807, 2.05) is 24.3 Å². The van der Waals surface area contributed by atoms with Gasteiger partial charge in [0.1, 0.15) is 5.00 Å². The van der Waals surface area contributed by atoms with Gasteiger partial charge in [-0.05, 0) is 73.4 Å². The molecule has 2 amide bonds. The number of carbonyl (C=O) groups excluding carboxylic acids is 2. The summed E-state index contributed by atoms with van der Waals surface area (Å²) in [6, 6.07) is 16.0. The van der Waals surface area contributed by atoms with Crippen molar-refractivity contribution < 1.29 is 9.59 Å². The Kier molecular flexibility index (Phi) is 7.45. The first kappa shape index (κ1) is 25.6. The topological polar surface area (TPSA) is 85.1 Å². The van der Waals surface area contributed by atoms with Gasteiger partial charge in [-0.2, -0.15) is 0 Å². The lowest BCUT2D eigenvalue weighted by atomic mass is 9.88. The number of amides is 2. The maximum Gasteiger partial charge on any atom is 0.257 e. The number of nitrogens with zero attached hydrogens (tertiary/aromatic N) is 1. The lowest BCUT2D eigenvalue weighted by molar-refractivity contribution is 0.1000. The molecule has 190 valence electrons. The number of thiophene rings is 1. The van der Waals surface area contributed by atoms with Crippen molar-refractivity contribution in [3.63, 3.8) is 0 Å². The van der Waals surface area contributed by atoms with Crippen LogP contribution in [0.15, 0.2) is 53.0 Å². The van der Waals surface area contributed by atoms with Crippen LogP contribution in [0.5, 0.6) is 0 Å². The number of hydrogen-bond donors (Lipinski definition) is 2. The zero-order valence-corrected chi connectivity index (χ0v) is 23.5. The van der Waals surface area contributed by atoms with E-state index in [0.717, 1.165) is 75.6 Å². The van der Waals surface area contributed by atoms with Gasteiger partial charge >= 0.3 is 0 Å². The molecule has 0 aliphatic heterocycles. The standard InChI is InChI=1S/C30H30BrN3O2S/c1-3-4-5-18-7-9-19(10-8-18)25-16-23(22-15-20(31)11-13-24(22)33-25)29(36)34-30-27(28(32)35)21-12-6-17(2)14-26(21)37-30/h7-11,13,15-17H,3-6,12,14H2,1-2H3,(H2,32,35)(H,34,36). The number of nitrogens with one attached hydrogen (secondary N) is 1. The Morgan fingerprint density at radius 3 is 2.68 bits per heavy atom. The minimum atomic E-state index is -0.492. The number of hydrogen-bond acceptors (Lipinski definition) is 4. The predicted molar refractivity (Wildman–Crippen MR) is 155 cm³/mol. The molecule has 5 nitrogen and oxygen atoms in total. The SMILES string of the molecule is CCCCc1ccc(-c2cc(C(=O)Nc3sc4c(c3C(N)=O)CCC(C)C4)c3cc(Br)ccc3n2)cc1. The van der Waals surface area contributed by atoms with Gasteiger partial charge in [0.2, 0.25) is 0 Å². The summed E-state index contributed by atoms with van der Waals surface area (Å²) in [4.78, 5) is 32.2. The summed E-state index contributed by atoms with van der Waals surface area (Å²) in [5.41, 5.74) is 11.5. The molecule has 0 bridgehead atoms. The lowest BCUT2D eigenvalue weighted by Gasteiger charge is -2.18. The van der Waals surface area contributed by atoms with Gasteiger partial charge in [0, 0.05) is 20.3 Å². The highest BCUT2D eigenvalue weighted by Gasteiger charge is 2.28. The molecule has 4 aromatic rings. The van der Waals surface area contributed by atoms with Crippen LogP contribution < -0.4 is 11.1 Å². The molecule has 0 saturated carbocycles. The van der Waals surface area contributed by atoms with E-state index in [1.54, 1.807) is 0 Å². The molecule has 2 aromatic carbocycles. The fraction of sp³-hybridized carbons (Fsp3) is 0.300. The number of aromatic nitrogens is 1. The first-order valence-corrected chi connectivity index (χ1v) is 14.4. The van der Waals surface area contributed by atoms with Crippen LogP contribution in [0.25, 0.3) is 22.2 Å². The van der Waals surface area contributed by atoms with E-state index >= 15 is 0 Å². The molecular formula is C30H30BrN3O2S. The molecule has 1 aliphatic carbocycles. The maximum absolute atomic E-state index is 13.7. The number of fused-ring (bicyclic) bond motifs is 2. The average Bonchev–Trinajstić information content (AvgIpc) is 3.24. The molecule has 2 aromatic heterocycles. The summed E-state index contributed by atoms with van der Waals surface area (Å²) in [5, 5.41) is 4.32. The van der Waals surface area contributed by atoms with Gasteiger partial charge in [0.05, 0.1) is 22.3 Å². The molecule has 7 heteroatoms. The minimum absolute atomic E-state index is 0.277. The molecule has 5 rings (SSSR count). The number of carbonyl (C=O) groups is 2. The van der Waals surface area contributed by atoms with E-state index in [-0.39, 0.29) is 5.91 Å². The molecule has 1 atom stereocenters. The quantitative estimate of drug-likeness (QED) is 0.238. The van der Waals surface area contributed by atoms with Crippen LogP contribution in [0, 0.1) is 5.92 Å². The van der Waals surface area contributed by atoms with Crippen LogP contribution in [0.1, 0.15) is 69.8 Å². The van der Waals surface area contributed by atoms with Gasteiger partial charge in [0.25, 0.3) is 11.8 Å². The smallest absolute Gasteiger partial charge is 0.257 e. The normalized spacial score (nSPS) is 14.9. The third kappa shape index (κ3) is 5.34. The third-order valence-electron chi connectivity index (χ3n) is 7.07. The van der Waals surface area contributed by atoms with Gasteiger partial charge in [0.15, 0.2) is 0 Å².